The highest BCUT2D eigenvalue weighted by Crippen LogP contribution is 2.29. The van der Waals surface area contributed by atoms with Gasteiger partial charge < -0.3 is 9.73 Å². The minimum absolute atomic E-state index is 0.382. The normalized spacial score (nSPS) is 16.9. The third-order valence-corrected chi connectivity index (χ3v) is 4.95. The lowest BCUT2D eigenvalue weighted by Crippen LogP contribution is -2.37. The lowest BCUT2D eigenvalue weighted by atomic mass is 10.1. The van der Waals surface area contributed by atoms with E-state index in [4.69, 9.17) is 4.42 Å². The Balaban J connectivity index is 1.37. The number of hydrogen-bond donors (Lipinski definition) is 1. The first-order valence-electron chi connectivity index (χ1n) is 8.88. The van der Waals surface area contributed by atoms with Gasteiger partial charge in [0.25, 0.3) is 0 Å². The second-order valence-corrected chi connectivity index (χ2v) is 6.80. The van der Waals surface area contributed by atoms with Crippen LogP contribution in [-0.4, -0.2) is 30.6 Å². The minimum Gasteiger partial charge on any atom is -0.454 e. The highest BCUT2D eigenvalue weighted by atomic mass is 16.3. The van der Waals surface area contributed by atoms with Crippen LogP contribution in [0.2, 0.25) is 0 Å². The predicted octanol–water partition coefficient (Wildman–Crippen LogP) is 2.53. The van der Waals surface area contributed by atoms with Crippen molar-refractivity contribution in [1.29, 1.82) is 0 Å². The molecule has 5 rings (SSSR count). The molecule has 0 spiro atoms. The molecule has 1 unspecified atom stereocenters. The molecule has 7 nitrogen and oxygen atoms in total. The maximum absolute atomic E-state index is 6.01. The molecule has 1 aliphatic rings. The Morgan fingerprint density at radius 1 is 1.31 bits per heavy atom. The van der Waals surface area contributed by atoms with Crippen molar-refractivity contribution in [1.82, 2.24) is 29.9 Å². The maximum Gasteiger partial charge on any atom is 0.156 e. The standard InChI is InChI=1S/C19H20N6O/c1-24-10-14(9-20-15-6-7-18-21-12-22-25(18)11-15)19(23-24)17-8-13-4-2-3-5-16(13)26-17/h2-5,8,10,12,15,20H,6-7,9,11H2,1H3. The Kier molecular flexibility index (Phi) is 3.60. The van der Waals surface area contributed by atoms with Gasteiger partial charge in [-0.2, -0.15) is 10.2 Å². The number of furan rings is 1. The molecule has 0 aliphatic carbocycles. The van der Waals surface area contributed by atoms with E-state index in [2.05, 4.69) is 38.8 Å². The van der Waals surface area contributed by atoms with E-state index in [1.807, 2.05) is 34.6 Å². The zero-order valence-corrected chi connectivity index (χ0v) is 14.6. The summed E-state index contributed by atoms with van der Waals surface area (Å²) in [6.45, 7) is 1.60. The number of aryl methyl sites for hydroxylation is 2. The van der Waals surface area contributed by atoms with Gasteiger partial charge in [0.2, 0.25) is 0 Å². The summed E-state index contributed by atoms with van der Waals surface area (Å²) in [5.41, 5.74) is 2.92. The van der Waals surface area contributed by atoms with Crippen LogP contribution in [-0.2, 0) is 26.6 Å². The lowest BCUT2D eigenvalue weighted by Gasteiger charge is -2.23. The van der Waals surface area contributed by atoms with Gasteiger partial charge in [0.1, 0.15) is 23.4 Å². The van der Waals surface area contributed by atoms with Crippen LogP contribution >= 0.6 is 0 Å². The summed E-state index contributed by atoms with van der Waals surface area (Å²) in [7, 11) is 1.94. The van der Waals surface area contributed by atoms with Gasteiger partial charge >= 0.3 is 0 Å². The molecule has 132 valence electrons. The summed E-state index contributed by atoms with van der Waals surface area (Å²) in [6.07, 6.45) is 5.72. The Labute approximate surface area is 150 Å². The predicted molar refractivity (Wildman–Crippen MR) is 97.4 cm³/mol. The van der Waals surface area contributed by atoms with Gasteiger partial charge in [-0.3, -0.25) is 4.68 Å². The number of aromatic nitrogens is 5. The number of nitrogens with one attached hydrogen (secondary N) is 1. The summed E-state index contributed by atoms with van der Waals surface area (Å²) >= 11 is 0. The van der Waals surface area contributed by atoms with E-state index in [0.717, 1.165) is 59.7 Å². The smallest absolute Gasteiger partial charge is 0.156 e. The van der Waals surface area contributed by atoms with E-state index >= 15 is 0 Å². The second kappa shape index (κ2) is 6.10. The first-order valence-corrected chi connectivity index (χ1v) is 8.88. The molecule has 0 fully saturated rings. The maximum atomic E-state index is 6.01. The molecule has 0 saturated heterocycles. The van der Waals surface area contributed by atoms with E-state index in [1.165, 1.54) is 0 Å². The van der Waals surface area contributed by atoms with Crippen molar-refractivity contribution in [2.75, 3.05) is 0 Å². The number of para-hydroxylation sites is 1. The summed E-state index contributed by atoms with van der Waals surface area (Å²) < 4.78 is 9.84. The largest absolute Gasteiger partial charge is 0.454 e. The first kappa shape index (κ1) is 15.3. The molecule has 7 heteroatoms. The summed E-state index contributed by atoms with van der Waals surface area (Å²) in [5, 5.41) is 13.7. The number of hydrogen-bond acceptors (Lipinski definition) is 5. The van der Waals surface area contributed by atoms with Crippen molar-refractivity contribution in [3.05, 3.63) is 54.2 Å². The Morgan fingerprint density at radius 3 is 3.15 bits per heavy atom. The van der Waals surface area contributed by atoms with Crippen molar-refractivity contribution >= 4 is 11.0 Å². The van der Waals surface area contributed by atoms with Crippen molar-refractivity contribution in [3.63, 3.8) is 0 Å². The number of fused-ring (bicyclic) bond motifs is 2. The topological polar surface area (TPSA) is 73.7 Å². The Bertz CT molecular complexity index is 1030. The molecule has 0 saturated carbocycles. The average Bonchev–Trinajstić information content (AvgIpc) is 3.36. The van der Waals surface area contributed by atoms with Crippen LogP contribution in [0.1, 0.15) is 17.8 Å². The summed E-state index contributed by atoms with van der Waals surface area (Å²) in [4.78, 5) is 4.29. The van der Waals surface area contributed by atoms with Crippen molar-refractivity contribution in [2.24, 2.45) is 7.05 Å². The van der Waals surface area contributed by atoms with Crippen LogP contribution in [0.15, 0.2) is 47.3 Å². The molecule has 26 heavy (non-hydrogen) atoms. The van der Waals surface area contributed by atoms with E-state index in [9.17, 15) is 0 Å². The zero-order valence-electron chi connectivity index (χ0n) is 14.6. The quantitative estimate of drug-likeness (QED) is 0.613. The fourth-order valence-electron chi connectivity index (χ4n) is 3.63. The molecule has 0 radical (unpaired) electrons. The van der Waals surface area contributed by atoms with E-state index in [-0.39, 0.29) is 0 Å². The highest BCUT2D eigenvalue weighted by Gasteiger charge is 2.21. The van der Waals surface area contributed by atoms with Gasteiger partial charge in [0.05, 0.1) is 6.54 Å². The molecule has 1 aromatic carbocycles. The van der Waals surface area contributed by atoms with E-state index in [0.29, 0.717) is 6.04 Å². The van der Waals surface area contributed by atoms with Gasteiger partial charge in [-0.15, -0.1) is 0 Å². The lowest BCUT2D eigenvalue weighted by molar-refractivity contribution is 0.358. The van der Waals surface area contributed by atoms with Crippen LogP contribution in [0.4, 0.5) is 0 Å². The SMILES string of the molecule is Cn1cc(CNC2CCc3ncnn3C2)c(-c2cc3ccccc3o2)n1. The van der Waals surface area contributed by atoms with E-state index < -0.39 is 0 Å². The van der Waals surface area contributed by atoms with Crippen LogP contribution in [0.25, 0.3) is 22.4 Å². The van der Waals surface area contributed by atoms with Gasteiger partial charge in [-0.05, 0) is 18.6 Å². The summed E-state index contributed by atoms with van der Waals surface area (Å²) in [5.74, 6) is 1.89. The summed E-state index contributed by atoms with van der Waals surface area (Å²) in [6, 6.07) is 10.5. The molecular formula is C19H20N6O. The third kappa shape index (κ3) is 2.70. The molecule has 4 heterocycles. The average molecular weight is 348 g/mol. The van der Waals surface area contributed by atoms with Gasteiger partial charge in [0, 0.05) is 43.2 Å². The Morgan fingerprint density at radius 2 is 2.23 bits per heavy atom. The van der Waals surface area contributed by atoms with Crippen LogP contribution < -0.4 is 5.32 Å². The second-order valence-electron chi connectivity index (χ2n) is 6.80. The van der Waals surface area contributed by atoms with Crippen LogP contribution in [0, 0.1) is 0 Å². The number of benzene rings is 1. The van der Waals surface area contributed by atoms with Crippen molar-refractivity contribution in [3.8, 4) is 11.5 Å². The number of nitrogens with zero attached hydrogens (tertiary/aromatic N) is 5. The zero-order chi connectivity index (χ0) is 17.5. The van der Waals surface area contributed by atoms with Gasteiger partial charge in [-0.25, -0.2) is 9.67 Å². The molecular weight excluding hydrogens is 328 g/mol. The van der Waals surface area contributed by atoms with Gasteiger partial charge in [-0.1, -0.05) is 18.2 Å². The van der Waals surface area contributed by atoms with Gasteiger partial charge in [0.15, 0.2) is 5.76 Å². The van der Waals surface area contributed by atoms with Crippen LogP contribution in [0.5, 0.6) is 0 Å². The Hall–Kier alpha value is -2.93. The highest BCUT2D eigenvalue weighted by molar-refractivity contribution is 5.82. The van der Waals surface area contributed by atoms with E-state index in [1.54, 1.807) is 6.33 Å². The molecule has 0 amide bonds. The fourth-order valence-corrected chi connectivity index (χ4v) is 3.63. The molecule has 1 aliphatic heterocycles. The first-order chi connectivity index (χ1) is 12.8. The third-order valence-electron chi connectivity index (χ3n) is 4.95. The molecule has 3 aromatic heterocycles. The molecule has 4 aromatic rings. The fraction of sp³-hybridized carbons (Fsp3) is 0.316. The molecule has 0 bridgehead atoms. The van der Waals surface area contributed by atoms with Crippen molar-refractivity contribution < 1.29 is 4.42 Å². The van der Waals surface area contributed by atoms with Crippen LogP contribution in [0.3, 0.4) is 0 Å². The van der Waals surface area contributed by atoms with Crippen molar-refractivity contribution in [2.45, 2.75) is 32.0 Å². The minimum atomic E-state index is 0.382. The monoisotopic (exact) mass is 348 g/mol. The molecule has 1 N–H and O–H groups in total. The molecule has 1 atom stereocenters. The number of rotatable bonds is 4.